The number of nitrogens with zero attached hydrogens (tertiary/aromatic N) is 1. The number of alkyl halides is 2. The molecule has 0 radical (unpaired) electrons. The first-order valence-electron chi connectivity index (χ1n) is 12.7. The monoisotopic (exact) mass is 550 g/mol. The molecule has 36 heavy (non-hydrogen) atoms. The van der Waals surface area contributed by atoms with Crippen molar-refractivity contribution in [3.05, 3.63) is 23.8 Å². The number of carbonyl (C=O) groups is 1. The number of benzene rings is 1. The van der Waals surface area contributed by atoms with E-state index in [0.29, 0.717) is 31.6 Å². The zero-order valence-electron chi connectivity index (χ0n) is 20.6. The molecular weight excluding hydrogens is 514 g/mol. The van der Waals surface area contributed by atoms with Gasteiger partial charge in [-0.05, 0) is 88.4 Å². The number of carboxylic acids is 1. The molecule has 1 saturated heterocycles. The summed E-state index contributed by atoms with van der Waals surface area (Å²) in [6, 6.07) is 4.05. The summed E-state index contributed by atoms with van der Waals surface area (Å²) >= 11 is 0. The number of sulfonamides is 1. The number of halogens is 3. The van der Waals surface area contributed by atoms with Gasteiger partial charge in [0.1, 0.15) is 22.8 Å². The van der Waals surface area contributed by atoms with Gasteiger partial charge in [0.15, 0.2) is 0 Å². The highest BCUT2D eigenvalue weighted by atomic mass is 35.5. The van der Waals surface area contributed by atoms with Crippen molar-refractivity contribution in [2.45, 2.75) is 100 Å². The third-order valence-corrected chi connectivity index (χ3v) is 9.65. The van der Waals surface area contributed by atoms with E-state index in [9.17, 15) is 27.1 Å². The Labute approximate surface area is 218 Å². The van der Waals surface area contributed by atoms with Crippen molar-refractivity contribution >= 4 is 28.4 Å². The number of carboxylic acid groups (broad SMARTS) is 1. The molecule has 3 aliphatic rings. The standard InChI is InChI=1S/C25H36F2N2O5S.ClH/c1-17-6-9-23(35(32,33)29-15-3-5-20(29)24(30)31)22(16-17)34-21-8-7-18(21)4-2-14-28-19-10-12-25(26,27)13-11-19;/h6,9,16,18-21,28H,2-5,7-8,10-15H2,1H3,(H,30,31);1H/t18-,20-,21+;/m0./s1. The normalized spacial score (nSPS) is 26.7. The van der Waals surface area contributed by atoms with Gasteiger partial charge >= 0.3 is 5.97 Å². The maximum Gasteiger partial charge on any atom is 0.322 e. The van der Waals surface area contributed by atoms with Crippen LogP contribution in [0, 0.1) is 12.8 Å². The lowest BCUT2D eigenvalue weighted by Gasteiger charge is -2.37. The van der Waals surface area contributed by atoms with Crippen LogP contribution in [-0.4, -0.2) is 61.0 Å². The molecular formula is C25H37ClF2N2O5S. The van der Waals surface area contributed by atoms with Crippen LogP contribution in [0.3, 0.4) is 0 Å². The molecule has 11 heteroatoms. The molecule has 7 nitrogen and oxygen atoms in total. The molecule has 0 bridgehead atoms. The minimum Gasteiger partial charge on any atom is -0.489 e. The lowest BCUT2D eigenvalue weighted by Crippen LogP contribution is -2.41. The average Bonchev–Trinajstić information content (AvgIpc) is 3.29. The van der Waals surface area contributed by atoms with Crippen LogP contribution < -0.4 is 10.1 Å². The van der Waals surface area contributed by atoms with E-state index in [1.54, 1.807) is 12.1 Å². The van der Waals surface area contributed by atoms with Crippen molar-refractivity contribution in [1.29, 1.82) is 0 Å². The second-order valence-electron chi connectivity index (χ2n) is 10.3. The van der Waals surface area contributed by atoms with Gasteiger partial charge in [0.2, 0.25) is 15.9 Å². The van der Waals surface area contributed by atoms with Crippen LogP contribution in [0.4, 0.5) is 8.78 Å². The number of nitrogens with one attached hydrogen (secondary N) is 1. The SMILES string of the molecule is Cc1ccc(S(=O)(=O)N2CCC[C@H]2C(=O)O)c(O[C@@H]2CC[C@@H]2CCCNC2CCC(F)(F)CC2)c1.Cl. The third-order valence-electron chi connectivity index (χ3n) is 7.70. The third kappa shape index (κ3) is 6.68. The predicted molar refractivity (Wildman–Crippen MR) is 135 cm³/mol. The number of aliphatic carboxylic acids is 1. The largest absolute Gasteiger partial charge is 0.489 e. The minimum absolute atomic E-state index is 0. The summed E-state index contributed by atoms with van der Waals surface area (Å²) in [6.45, 7) is 2.82. The van der Waals surface area contributed by atoms with Crippen LogP contribution >= 0.6 is 12.4 Å². The summed E-state index contributed by atoms with van der Waals surface area (Å²) in [5, 5.41) is 12.9. The molecule has 1 heterocycles. The van der Waals surface area contributed by atoms with Gasteiger partial charge in [-0.3, -0.25) is 4.79 Å². The minimum atomic E-state index is -4.01. The molecule has 3 atom stereocenters. The smallest absolute Gasteiger partial charge is 0.322 e. The zero-order chi connectivity index (χ0) is 25.2. The fraction of sp³-hybridized carbons (Fsp3) is 0.720. The highest BCUT2D eigenvalue weighted by molar-refractivity contribution is 7.89. The van der Waals surface area contributed by atoms with E-state index in [4.69, 9.17) is 4.74 Å². The molecule has 1 aliphatic heterocycles. The Morgan fingerprint density at radius 1 is 1.19 bits per heavy atom. The summed E-state index contributed by atoms with van der Waals surface area (Å²) in [6.07, 6.45) is 5.31. The molecule has 0 unspecified atom stereocenters. The molecule has 0 amide bonds. The first-order valence-corrected chi connectivity index (χ1v) is 14.1. The number of rotatable bonds is 10. The highest BCUT2D eigenvalue weighted by Gasteiger charge is 2.41. The Kier molecular flexibility index (Phi) is 9.63. The second-order valence-corrected chi connectivity index (χ2v) is 12.1. The molecule has 1 aromatic rings. The molecule has 204 valence electrons. The van der Waals surface area contributed by atoms with Gasteiger partial charge < -0.3 is 15.2 Å². The quantitative estimate of drug-likeness (QED) is 0.408. The lowest BCUT2D eigenvalue weighted by molar-refractivity contribution is -0.140. The van der Waals surface area contributed by atoms with E-state index in [0.717, 1.165) is 42.1 Å². The Morgan fingerprint density at radius 3 is 2.56 bits per heavy atom. The first-order chi connectivity index (χ1) is 16.6. The predicted octanol–water partition coefficient (Wildman–Crippen LogP) is 4.76. The number of ether oxygens (including phenoxy) is 1. The summed E-state index contributed by atoms with van der Waals surface area (Å²) < 4.78 is 60.7. The Bertz CT molecular complexity index is 1020. The van der Waals surface area contributed by atoms with E-state index in [1.165, 1.54) is 6.07 Å². The van der Waals surface area contributed by atoms with Gasteiger partial charge in [-0.1, -0.05) is 6.07 Å². The van der Waals surface area contributed by atoms with Crippen molar-refractivity contribution < 1.29 is 31.8 Å². The van der Waals surface area contributed by atoms with Gasteiger partial charge in [-0.15, -0.1) is 12.4 Å². The molecule has 2 aliphatic carbocycles. The maximum atomic E-state index is 13.4. The van der Waals surface area contributed by atoms with E-state index in [1.807, 2.05) is 6.92 Å². The lowest BCUT2D eigenvalue weighted by atomic mass is 9.78. The van der Waals surface area contributed by atoms with Crippen LogP contribution in [0.15, 0.2) is 23.1 Å². The number of aryl methyl sites for hydroxylation is 1. The van der Waals surface area contributed by atoms with E-state index >= 15 is 0 Å². The van der Waals surface area contributed by atoms with Crippen LogP contribution in [0.1, 0.15) is 69.8 Å². The van der Waals surface area contributed by atoms with Crippen molar-refractivity contribution in [2.75, 3.05) is 13.1 Å². The molecule has 3 fully saturated rings. The van der Waals surface area contributed by atoms with Gasteiger partial charge in [0.05, 0.1) is 0 Å². The Morgan fingerprint density at radius 2 is 1.92 bits per heavy atom. The topological polar surface area (TPSA) is 95.9 Å². The van der Waals surface area contributed by atoms with Crippen LogP contribution in [0.25, 0.3) is 0 Å². The highest BCUT2D eigenvalue weighted by Crippen LogP contribution is 2.39. The number of hydrogen-bond donors (Lipinski definition) is 2. The van der Waals surface area contributed by atoms with Crippen LogP contribution in [0.2, 0.25) is 0 Å². The van der Waals surface area contributed by atoms with Crippen LogP contribution in [-0.2, 0) is 14.8 Å². The van der Waals surface area contributed by atoms with Gasteiger partial charge in [0.25, 0.3) is 0 Å². The molecule has 0 spiro atoms. The molecule has 2 saturated carbocycles. The number of hydrogen-bond acceptors (Lipinski definition) is 5. The van der Waals surface area contributed by atoms with Crippen LogP contribution in [0.5, 0.6) is 5.75 Å². The van der Waals surface area contributed by atoms with E-state index in [-0.39, 0.29) is 54.6 Å². The van der Waals surface area contributed by atoms with E-state index in [2.05, 4.69) is 5.32 Å². The summed E-state index contributed by atoms with van der Waals surface area (Å²) in [4.78, 5) is 11.6. The van der Waals surface area contributed by atoms with Crippen molar-refractivity contribution in [3.63, 3.8) is 0 Å². The molecule has 2 N–H and O–H groups in total. The zero-order valence-corrected chi connectivity index (χ0v) is 22.3. The van der Waals surface area contributed by atoms with Crippen molar-refractivity contribution in [3.8, 4) is 5.75 Å². The average molecular weight is 551 g/mol. The van der Waals surface area contributed by atoms with Gasteiger partial charge in [-0.25, -0.2) is 17.2 Å². The molecule has 1 aromatic carbocycles. The second kappa shape index (κ2) is 11.9. The molecule has 0 aromatic heterocycles. The summed E-state index contributed by atoms with van der Waals surface area (Å²) in [5.74, 6) is -3.05. The summed E-state index contributed by atoms with van der Waals surface area (Å²) in [5.41, 5.74) is 0.869. The fourth-order valence-corrected chi connectivity index (χ4v) is 7.18. The van der Waals surface area contributed by atoms with E-state index < -0.39 is 28.0 Å². The summed E-state index contributed by atoms with van der Waals surface area (Å²) in [7, 11) is -4.01. The Hall–Kier alpha value is -1.49. The maximum absolute atomic E-state index is 13.4. The van der Waals surface area contributed by atoms with Crippen molar-refractivity contribution in [1.82, 2.24) is 9.62 Å². The molecule has 4 rings (SSSR count). The van der Waals surface area contributed by atoms with Gasteiger partial charge in [0, 0.05) is 25.4 Å². The Balaban J connectivity index is 0.00000361. The first kappa shape index (κ1) is 29.1. The fourth-order valence-electron chi connectivity index (χ4n) is 5.42. The van der Waals surface area contributed by atoms with Crippen molar-refractivity contribution in [2.24, 2.45) is 5.92 Å². The van der Waals surface area contributed by atoms with Gasteiger partial charge in [-0.2, -0.15) is 4.31 Å².